The van der Waals surface area contributed by atoms with Crippen LogP contribution in [-0.2, 0) is 19.1 Å². The fourth-order valence-corrected chi connectivity index (χ4v) is 1.51. The molecule has 0 spiro atoms. The van der Waals surface area contributed by atoms with Gasteiger partial charge in [-0.1, -0.05) is 0 Å². The Kier molecular flexibility index (Phi) is 7.45. The molecule has 0 aliphatic rings. The molecule has 7 nitrogen and oxygen atoms in total. The highest BCUT2D eigenvalue weighted by Gasteiger charge is 2.10. The van der Waals surface area contributed by atoms with Crippen molar-refractivity contribution in [3.63, 3.8) is 0 Å². The fraction of sp³-hybridized carbons (Fsp3) is 0.400. The quantitative estimate of drug-likeness (QED) is 0.503. The average molecular weight is 310 g/mol. The number of rotatable bonds is 9. The molecule has 7 heteroatoms. The normalized spacial score (nSPS) is 9.73. The molecule has 0 unspecified atom stereocenters. The smallest absolute Gasteiger partial charge is 0.344 e. The van der Waals surface area contributed by atoms with Crippen molar-refractivity contribution in [3.8, 4) is 11.5 Å². The fourth-order valence-electron chi connectivity index (χ4n) is 1.51. The van der Waals surface area contributed by atoms with Gasteiger partial charge in [0.05, 0.1) is 18.8 Å². The summed E-state index contributed by atoms with van der Waals surface area (Å²) in [6.07, 6.45) is 0.593. The van der Waals surface area contributed by atoms with Crippen LogP contribution in [0.15, 0.2) is 18.2 Å². The Morgan fingerprint density at radius 2 is 1.59 bits per heavy atom. The average Bonchev–Trinajstić information content (AvgIpc) is 2.51. The zero-order chi connectivity index (χ0) is 16.4. The second-order valence-electron chi connectivity index (χ2n) is 4.00. The highest BCUT2D eigenvalue weighted by atomic mass is 16.6. The Balaban J connectivity index is 2.69. The lowest BCUT2D eigenvalue weighted by Gasteiger charge is -2.11. The monoisotopic (exact) mass is 310 g/mol. The maximum atomic E-state index is 11.3. The molecule has 0 aliphatic heterocycles. The van der Waals surface area contributed by atoms with Crippen LogP contribution in [0.2, 0.25) is 0 Å². The van der Waals surface area contributed by atoms with Crippen molar-refractivity contribution in [3.05, 3.63) is 23.8 Å². The Labute approximate surface area is 128 Å². The van der Waals surface area contributed by atoms with Crippen molar-refractivity contribution in [2.75, 3.05) is 26.4 Å². The number of hydrogen-bond donors (Lipinski definition) is 0. The van der Waals surface area contributed by atoms with Crippen molar-refractivity contribution in [1.29, 1.82) is 0 Å². The molecule has 22 heavy (non-hydrogen) atoms. The second-order valence-corrected chi connectivity index (χ2v) is 4.00. The van der Waals surface area contributed by atoms with E-state index in [4.69, 9.17) is 18.9 Å². The highest BCUT2D eigenvalue weighted by Crippen LogP contribution is 2.24. The van der Waals surface area contributed by atoms with Crippen LogP contribution in [0.1, 0.15) is 24.2 Å². The summed E-state index contributed by atoms with van der Waals surface area (Å²) in [5.41, 5.74) is 0.257. The van der Waals surface area contributed by atoms with E-state index in [0.29, 0.717) is 12.0 Å². The first-order valence-electron chi connectivity index (χ1n) is 6.76. The molecule has 120 valence electrons. The number of aldehydes is 1. The maximum absolute atomic E-state index is 11.3. The van der Waals surface area contributed by atoms with E-state index in [1.165, 1.54) is 18.2 Å². The van der Waals surface area contributed by atoms with Gasteiger partial charge in [0.25, 0.3) is 0 Å². The third-order valence-electron chi connectivity index (χ3n) is 2.42. The standard InChI is InChI=1S/C15H18O7/c1-3-19-14(17)9-21-12-6-5-11(8-16)13(7-12)22-10-15(18)20-4-2/h5-8H,3-4,9-10H2,1-2H3. The lowest BCUT2D eigenvalue weighted by atomic mass is 10.2. The predicted molar refractivity (Wildman–Crippen MR) is 76.1 cm³/mol. The van der Waals surface area contributed by atoms with E-state index >= 15 is 0 Å². The van der Waals surface area contributed by atoms with Crippen LogP contribution in [-0.4, -0.2) is 44.7 Å². The van der Waals surface area contributed by atoms with Crippen LogP contribution >= 0.6 is 0 Å². The Morgan fingerprint density at radius 1 is 1.00 bits per heavy atom. The minimum atomic E-state index is -0.544. The Hall–Kier alpha value is -2.57. The summed E-state index contributed by atoms with van der Waals surface area (Å²) in [4.78, 5) is 33.4. The van der Waals surface area contributed by atoms with Crippen LogP contribution in [0.4, 0.5) is 0 Å². The van der Waals surface area contributed by atoms with Gasteiger partial charge in [-0.05, 0) is 26.0 Å². The summed E-state index contributed by atoms with van der Waals surface area (Å²) >= 11 is 0. The summed E-state index contributed by atoms with van der Waals surface area (Å²) < 4.78 is 19.9. The van der Waals surface area contributed by atoms with Crippen LogP contribution in [0.3, 0.4) is 0 Å². The zero-order valence-electron chi connectivity index (χ0n) is 12.5. The van der Waals surface area contributed by atoms with E-state index in [2.05, 4.69) is 0 Å². The molecule has 0 bridgehead atoms. The van der Waals surface area contributed by atoms with Crippen molar-refractivity contribution in [1.82, 2.24) is 0 Å². The molecule has 0 saturated heterocycles. The van der Waals surface area contributed by atoms with Crippen molar-refractivity contribution >= 4 is 18.2 Å². The van der Waals surface area contributed by atoms with Crippen molar-refractivity contribution in [2.45, 2.75) is 13.8 Å². The molecule has 0 aromatic heterocycles. The van der Waals surface area contributed by atoms with Crippen LogP contribution in [0, 0.1) is 0 Å². The second kappa shape index (κ2) is 9.38. The van der Waals surface area contributed by atoms with Crippen LogP contribution in [0.25, 0.3) is 0 Å². The number of carbonyl (C=O) groups excluding carboxylic acids is 3. The first-order valence-corrected chi connectivity index (χ1v) is 6.76. The molecular formula is C15H18O7. The maximum Gasteiger partial charge on any atom is 0.344 e. The predicted octanol–water partition coefficient (Wildman–Crippen LogP) is 1.38. The highest BCUT2D eigenvalue weighted by molar-refractivity contribution is 5.80. The SMILES string of the molecule is CCOC(=O)COc1ccc(C=O)c(OCC(=O)OCC)c1. The molecule has 0 atom stereocenters. The molecule has 0 heterocycles. The van der Waals surface area contributed by atoms with Gasteiger partial charge in [-0.15, -0.1) is 0 Å². The minimum Gasteiger partial charge on any atom is -0.482 e. The molecule has 1 aromatic rings. The molecule has 0 fully saturated rings. The van der Waals surface area contributed by atoms with E-state index < -0.39 is 11.9 Å². The molecule has 0 aliphatic carbocycles. The molecule has 0 radical (unpaired) electrons. The van der Waals surface area contributed by atoms with Gasteiger partial charge < -0.3 is 18.9 Å². The van der Waals surface area contributed by atoms with E-state index in [1.54, 1.807) is 13.8 Å². The van der Waals surface area contributed by atoms with Gasteiger partial charge in [-0.3, -0.25) is 4.79 Å². The van der Waals surface area contributed by atoms with Crippen LogP contribution < -0.4 is 9.47 Å². The first kappa shape index (κ1) is 17.5. The molecular weight excluding hydrogens is 292 g/mol. The molecule has 0 N–H and O–H groups in total. The number of hydrogen-bond acceptors (Lipinski definition) is 7. The summed E-state index contributed by atoms with van der Waals surface area (Å²) in [6.45, 7) is 3.30. The third kappa shape index (κ3) is 5.82. The van der Waals surface area contributed by atoms with E-state index in [0.717, 1.165) is 0 Å². The van der Waals surface area contributed by atoms with Gasteiger partial charge >= 0.3 is 11.9 Å². The Bertz CT molecular complexity index is 525. The number of esters is 2. The topological polar surface area (TPSA) is 88.1 Å². The third-order valence-corrected chi connectivity index (χ3v) is 2.42. The Morgan fingerprint density at radius 3 is 2.14 bits per heavy atom. The van der Waals surface area contributed by atoms with E-state index in [1.807, 2.05) is 0 Å². The van der Waals surface area contributed by atoms with Gasteiger partial charge in [-0.2, -0.15) is 0 Å². The molecule has 0 amide bonds. The molecule has 1 aromatic carbocycles. The number of carbonyl (C=O) groups is 3. The zero-order valence-corrected chi connectivity index (χ0v) is 12.5. The van der Waals surface area contributed by atoms with E-state index in [-0.39, 0.29) is 37.7 Å². The molecule has 1 rings (SSSR count). The summed E-state index contributed by atoms with van der Waals surface area (Å²) in [5, 5.41) is 0. The van der Waals surface area contributed by atoms with E-state index in [9.17, 15) is 14.4 Å². The lowest BCUT2D eigenvalue weighted by Crippen LogP contribution is -2.16. The van der Waals surface area contributed by atoms with Gasteiger partial charge in [0.1, 0.15) is 11.5 Å². The minimum absolute atomic E-state index is 0.171. The summed E-state index contributed by atoms with van der Waals surface area (Å²) in [5.74, 6) is -0.560. The van der Waals surface area contributed by atoms with Gasteiger partial charge in [0, 0.05) is 6.07 Å². The molecule has 0 saturated carbocycles. The lowest BCUT2D eigenvalue weighted by molar-refractivity contribution is -0.146. The largest absolute Gasteiger partial charge is 0.482 e. The van der Waals surface area contributed by atoms with Crippen LogP contribution in [0.5, 0.6) is 11.5 Å². The van der Waals surface area contributed by atoms with Crippen molar-refractivity contribution in [2.24, 2.45) is 0 Å². The first-order chi connectivity index (χ1) is 10.6. The van der Waals surface area contributed by atoms with Gasteiger partial charge in [-0.25, -0.2) is 9.59 Å². The van der Waals surface area contributed by atoms with Crippen molar-refractivity contribution < 1.29 is 33.3 Å². The number of ether oxygens (including phenoxy) is 4. The van der Waals surface area contributed by atoms with Gasteiger partial charge in [0.2, 0.25) is 0 Å². The van der Waals surface area contributed by atoms with Gasteiger partial charge in [0.15, 0.2) is 19.5 Å². The summed E-state index contributed by atoms with van der Waals surface area (Å²) in [6, 6.07) is 4.40. The summed E-state index contributed by atoms with van der Waals surface area (Å²) in [7, 11) is 0. The number of benzene rings is 1.